The predicted octanol–water partition coefficient (Wildman–Crippen LogP) is 3.04. The lowest BCUT2D eigenvalue weighted by molar-refractivity contribution is 0.111. The Labute approximate surface area is 141 Å². The average Bonchev–Trinajstić information content (AvgIpc) is 2.98. The van der Waals surface area contributed by atoms with Crippen molar-refractivity contribution in [3.8, 4) is 11.3 Å². The van der Waals surface area contributed by atoms with Gasteiger partial charge in [0.15, 0.2) is 0 Å². The van der Waals surface area contributed by atoms with Crippen LogP contribution in [0.15, 0.2) is 36.7 Å². The molecule has 1 saturated heterocycles. The van der Waals surface area contributed by atoms with E-state index in [2.05, 4.69) is 14.9 Å². The van der Waals surface area contributed by atoms with E-state index in [1.54, 1.807) is 20.5 Å². The molecule has 122 valence electrons. The highest BCUT2D eigenvalue weighted by Gasteiger charge is 2.33. The number of nitrogens with zero attached hydrogens (tertiary/aromatic N) is 3. The van der Waals surface area contributed by atoms with Crippen LogP contribution in [0.2, 0.25) is 5.02 Å². The van der Waals surface area contributed by atoms with Crippen LogP contribution in [-0.4, -0.2) is 49.5 Å². The number of aromatic nitrogens is 2. The van der Waals surface area contributed by atoms with Crippen molar-refractivity contribution >= 4 is 17.4 Å². The molecule has 1 aliphatic rings. The van der Waals surface area contributed by atoms with E-state index in [1.165, 1.54) is 0 Å². The second-order valence-corrected chi connectivity index (χ2v) is 6.06. The quantitative estimate of drug-likeness (QED) is 0.841. The maximum atomic E-state index is 6.08. The Kier molecular flexibility index (Phi) is 5.10. The molecule has 1 aromatic heterocycles. The molecular weight excluding hydrogens is 314 g/mol. The van der Waals surface area contributed by atoms with Crippen LogP contribution >= 0.6 is 11.6 Å². The first kappa shape index (κ1) is 16.2. The third-order valence-electron chi connectivity index (χ3n) is 4.14. The van der Waals surface area contributed by atoms with Gasteiger partial charge in [-0.15, -0.1) is 0 Å². The fourth-order valence-corrected chi connectivity index (χ4v) is 3.18. The Hall–Kier alpha value is -1.69. The highest BCUT2D eigenvalue weighted by atomic mass is 35.5. The molecule has 0 spiro atoms. The molecule has 6 heteroatoms. The Balaban J connectivity index is 1.89. The van der Waals surface area contributed by atoms with Crippen molar-refractivity contribution in [2.75, 3.05) is 32.3 Å². The Morgan fingerprint density at radius 1 is 1.26 bits per heavy atom. The summed E-state index contributed by atoms with van der Waals surface area (Å²) in [7, 11) is 3.46. The topological polar surface area (TPSA) is 47.5 Å². The monoisotopic (exact) mass is 333 g/mol. The van der Waals surface area contributed by atoms with Gasteiger partial charge in [0.1, 0.15) is 12.1 Å². The van der Waals surface area contributed by atoms with Crippen LogP contribution in [-0.2, 0) is 9.47 Å². The number of benzene rings is 1. The number of ether oxygens (including phenoxy) is 2. The molecule has 23 heavy (non-hydrogen) atoms. The molecule has 5 nitrogen and oxygen atoms in total. The lowest BCUT2D eigenvalue weighted by atomic mass is 10.1. The molecule has 3 rings (SSSR count). The Morgan fingerprint density at radius 2 is 2.13 bits per heavy atom. The molecule has 2 heterocycles. The average molecular weight is 334 g/mol. The number of methoxy groups -OCH3 is 2. The first-order valence-corrected chi connectivity index (χ1v) is 7.95. The van der Waals surface area contributed by atoms with Crippen LogP contribution in [0, 0.1) is 0 Å². The standard InChI is InChI=1S/C17H20ClN3O2/c1-22-10-14-7-15(23-2)9-21(14)17-8-16(19-11-20-17)12-4-3-5-13(18)6-12/h3-6,8,11,14-15H,7,9-10H2,1-2H3/t14-,15+/m0/s1. The van der Waals surface area contributed by atoms with E-state index in [4.69, 9.17) is 21.1 Å². The molecule has 0 radical (unpaired) electrons. The zero-order valence-electron chi connectivity index (χ0n) is 13.3. The molecule has 1 aromatic carbocycles. The summed E-state index contributed by atoms with van der Waals surface area (Å²) in [5.74, 6) is 0.886. The summed E-state index contributed by atoms with van der Waals surface area (Å²) < 4.78 is 10.9. The summed E-state index contributed by atoms with van der Waals surface area (Å²) in [6.45, 7) is 1.45. The molecule has 1 fully saturated rings. The first-order valence-electron chi connectivity index (χ1n) is 7.57. The van der Waals surface area contributed by atoms with Gasteiger partial charge in [-0.1, -0.05) is 23.7 Å². The Morgan fingerprint density at radius 3 is 2.87 bits per heavy atom. The maximum Gasteiger partial charge on any atom is 0.132 e. The molecule has 0 bridgehead atoms. The summed E-state index contributed by atoms with van der Waals surface area (Å²) in [5.41, 5.74) is 1.83. The molecule has 0 aliphatic carbocycles. The lowest BCUT2D eigenvalue weighted by Gasteiger charge is -2.25. The van der Waals surface area contributed by atoms with Crippen LogP contribution in [0.4, 0.5) is 5.82 Å². The van der Waals surface area contributed by atoms with E-state index in [-0.39, 0.29) is 12.1 Å². The van der Waals surface area contributed by atoms with Gasteiger partial charge >= 0.3 is 0 Å². The van der Waals surface area contributed by atoms with Crippen molar-refractivity contribution in [3.05, 3.63) is 41.7 Å². The zero-order chi connectivity index (χ0) is 16.2. The minimum atomic E-state index is 0.194. The highest BCUT2D eigenvalue weighted by molar-refractivity contribution is 6.30. The molecule has 2 aromatic rings. The van der Waals surface area contributed by atoms with Crippen LogP contribution in [0.1, 0.15) is 6.42 Å². The van der Waals surface area contributed by atoms with Gasteiger partial charge < -0.3 is 14.4 Å². The smallest absolute Gasteiger partial charge is 0.132 e. The van der Waals surface area contributed by atoms with Crippen LogP contribution in [0.5, 0.6) is 0 Å². The van der Waals surface area contributed by atoms with Gasteiger partial charge in [-0.05, 0) is 18.6 Å². The van der Waals surface area contributed by atoms with Gasteiger partial charge in [0.2, 0.25) is 0 Å². The van der Waals surface area contributed by atoms with Gasteiger partial charge in [0.05, 0.1) is 24.4 Å². The third kappa shape index (κ3) is 3.63. The van der Waals surface area contributed by atoms with Gasteiger partial charge in [-0.25, -0.2) is 9.97 Å². The van der Waals surface area contributed by atoms with Crippen molar-refractivity contribution < 1.29 is 9.47 Å². The molecular formula is C17H20ClN3O2. The number of hydrogen-bond acceptors (Lipinski definition) is 5. The van der Waals surface area contributed by atoms with Crippen molar-refractivity contribution in [3.63, 3.8) is 0 Å². The second-order valence-electron chi connectivity index (χ2n) is 5.63. The largest absolute Gasteiger partial charge is 0.383 e. The van der Waals surface area contributed by atoms with E-state index in [9.17, 15) is 0 Å². The van der Waals surface area contributed by atoms with E-state index in [1.807, 2.05) is 30.3 Å². The van der Waals surface area contributed by atoms with Crippen molar-refractivity contribution in [2.45, 2.75) is 18.6 Å². The van der Waals surface area contributed by atoms with Gasteiger partial charge in [-0.2, -0.15) is 0 Å². The summed E-state index contributed by atoms with van der Waals surface area (Å²) in [4.78, 5) is 11.0. The molecule has 1 aliphatic heterocycles. The lowest BCUT2D eigenvalue weighted by Crippen LogP contribution is -2.33. The molecule has 0 N–H and O–H groups in total. The van der Waals surface area contributed by atoms with Gasteiger partial charge in [0, 0.05) is 37.4 Å². The van der Waals surface area contributed by atoms with Gasteiger partial charge in [0.25, 0.3) is 0 Å². The van der Waals surface area contributed by atoms with Crippen molar-refractivity contribution in [2.24, 2.45) is 0 Å². The molecule has 0 saturated carbocycles. The van der Waals surface area contributed by atoms with E-state index in [0.29, 0.717) is 11.6 Å². The van der Waals surface area contributed by atoms with Crippen LogP contribution in [0.3, 0.4) is 0 Å². The van der Waals surface area contributed by atoms with E-state index >= 15 is 0 Å². The minimum Gasteiger partial charge on any atom is -0.383 e. The number of hydrogen-bond donors (Lipinski definition) is 0. The predicted molar refractivity (Wildman–Crippen MR) is 90.9 cm³/mol. The third-order valence-corrected chi connectivity index (χ3v) is 4.37. The summed E-state index contributed by atoms with van der Waals surface area (Å²) in [6.07, 6.45) is 2.72. The van der Waals surface area contributed by atoms with E-state index in [0.717, 1.165) is 30.0 Å². The van der Waals surface area contributed by atoms with Crippen LogP contribution in [0.25, 0.3) is 11.3 Å². The molecule has 0 amide bonds. The fourth-order valence-electron chi connectivity index (χ4n) is 2.99. The summed E-state index contributed by atoms with van der Waals surface area (Å²) in [6, 6.07) is 9.92. The molecule has 2 atom stereocenters. The van der Waals surface area contributed by atoms with Crippen LogP contribution < -0.4 is 4.90 Å². The van der Waals surface area contributed by atoms with E-state index < -0.39 is 0 Å². The zero-order valence-corrected chi connectivity index (χ0v) is 14.0. The number of rotatable bonds is 5. The SMILES string of the molecule is COC[C@@H]1C[C@@H](OC)CN1c1cc(-c2cccc(Cl)c2)ncn1. The number of halogens is 1. The number of anilines is 1. The maximum absolute atomic E-state index is 6.08. The summed E-state index contributed by atoms with van der Waals surface area (Å²) >= 11 is 6.08. The second kappa shape index (κ2) is 7.25. The highest BCUT2D eigenvalue weighted by Crippen LogP contribution is 2.28. The summed E-state index contributed by atoms with van der Waals surface area (Å²) in [5, 5.41) is 0.695. The normalized spacial score (nSPS) is 20.9. The van der Waals surface area contributed by atoms with Gasteiger partial charge in [-0.3, -0.25) is 0 Å². The molecule has 0 unspecified atom stereocenters. The minimum absolute atomic E-state index is 0.194. The fraction of sp³-hybridized carbons (Fsp3) is 0.412. The van der Waals surface area contributed by atoms with Crippen molar-refractivity contribution in [1.82, 2.24) is 9.97 Å². The Bertz CT molecular complexity index is 668. The van der Waals surface area contributed by atoms with Crippen molar-refractivity contribution in [1.29, 1.82) is 0 Å². The first-order chi connectivity index (χ1) is 11.2.